The topological polar surface area (TPSA) is 29.9 Å². The van der Waals surface area contributed by atoms with Crippen molar-refractivity contribution in [3.63, 3.8) is 0 Å². The monoisotopic (exact) mass is 355 g/mol. The Morgan fingerprint density at radius 3 is 2.50 bits per heavy atom. The number of benzene rings is 1. The lowest BCUT2D eigenvalue weighted by Gasteiger charge is -2.19. The number of halogens is 1. The molecule has 96 valence electrons. The number of aromatic nitrogens is 2. The number of nitrogens with zero attached hydrogens (tertiary/aromatic N) is 2. The van der Waals surface area contributed by atoms with E-state index in [0.717, 1.165) is 12.4 Å². The molecule has 0 fully saturated rings. The lowest BCUT2D eigenvalue weighted by Crippen LogP contribution is -2.24. The number of hydrogen-bond donors (Lipinski definition) is 1. The summed E-state index contributed by atoms with van der Waals surface area (Å²) in [5, 5.41) is 3.53. The predicted octanol–water partition coefficient (Wildman–Crippen LogP) is 3.03. The van der Waals surface area contributed by atoms with Crippen LogP contribution < -0.4 is 5.32 Å². The first-order valence-corrected chi connectivity index (χ1v) is 7.18. The van der Waals surface area contributed by atoms with Gasteiger partial charge in [0.05, 0.1) is 17.9 Å². The van der Waals surface area contributed by atoms with Gasteiger partial charge in [-0.1, -0.05) is 19.1 Å². The molecule has 1 unspecified atom stereocenters. The highest BCUT2D eigenvalue weighted by molar-refractivity contribution is 14.1. The maximum absolute atomic E-state index is 4.38. The van der Waals surface area contributed by atoms with Gasteiger partial charge in [0, 0.05) is 10.6 Å². The second-order valence-corrected chi connectivity index (χ2v) is 5.58. The van der Waals surface area contributed by atoms with E-state index in [9.17, 15) is 0 Å². The predicted molar refractivity (Wildman–Crippen MR) is 82.6 cm³/mol. The van der Waals surface area contributed by atoms with Gasteiger partial charge in [-0.25, -0.2) is 4.98 Å². The highest BCUT2D eigenvalue weighted by Gasteiger charge is 2.17. The average Bonchev–Trinajstić information content (AvgIpc) is 2.69. The van der Waals surface area contributed by atoms with Gasteiger partial charge >= 0.3 is 0 Å². The molecule has 0 aliphatic carbocycles. The van der Waals surface area contributed by atoms with E-state index in [-0.39, 0.29) is 6.04 Å². The van der Waals surface area contributed by atoms with E-state index in [4.69, 9.17) is 0 Å². The van der Waals surface area contributed by atoms with Gasteiger partial charge < -0.3 is 9.88 Å². The quantitative estimate of drug-likeness (QED) is 0.855. The van der Waals surface area contributed by atoms with Crippen molar-refractivity contribution in [1.82, 2.24) is 14.9 Å². The van der Waals surface area contributed by atoms with Crippen molar-refractivity contribution in [2.75, 3.05) is 6.54 Å². The summed E-state index contributed by atoms with van der Waals surface area (Å²) in [5.74, 6) is 1.04. The Labute approximate surface area is 122 Å². The summed E-state index contributed by atoms with van der Waals surface area (Å²) in [7, 11) is 2.06. The van der Waals surface area contributed by atoms with E-state index in [1.54, 1.807) is 0 Å². The number of hydrogen-bond acceptors (Lipinski definition) is 2. The second-order valence-electron chi connectivity index (χ2n) is 4.33. The Hall–Kier alpha value is -0.880. The maximum atomic E-state index is 4.38. The molecule has 1 aromatic heterocycles. The van der Waals surface area contributed by atoms with Crippen molar-refractivity contribution >= 4 is 22.6 Å². The van der Waals surface area contributed by atoms with E-state index < -0.39 is 0 Å². The Balaban J connectivity index is 2.39. The summed E-state index contributed by atoms with van der Waals surface area (Å²) >= 11 is 2.33. The van der Waals surface area contributed by atoms with Gasteiger partial charge in [0.25, 0.3) is 0 Å². The third-order valence-corrected chi connectivity index (χ3v) is 3.88. The molecule has 1 heterocycles. The van der Waals surface area contributed by atoms with Crippen molar-refractivity contribution in [1.29, 1.82) is 0 Å². The summed E-state index contributed by atoms with van der Waals surface area (Å²) in [6.07, 6.45) is 1.96. The van der Waals surface area contributed by atoms with Gasteiger partial charge in [0.1, 0.15) is 5.82 Å². The van der Waals surface area contributed by atoms with Gasteiger partial charge in [0.15, 0.2) is 0 Å². The summed E-state index contributed by atoms with van der Waals surface area (Å²) in [4.78, 5) is 4.38. The largest absolute Gasteiger partial charge is 0.334 e. The van der Waals surface area contributed by atoms with E-state index in [0.29, 0.717) is 0 Å². The zero-order chi connectivity index (χ0) is 13.1. The second kappa shape index (κ2) is 5.84. The average molecular weight is 355 g/mol. The standard InChI is InChI=1S/C14H18IN3/c1-4-16-14(11-5-7-12(15)8-6-11)13-9-17-10(2)18(13)3/h5-9,14,16H,4H2,1-3H3. The van der Waals surface area contributed by atoms with Crippen LogP contribution in [0.2, 0.25) is 0 Å². The molecule has 0 radical (unpaired) electrons. The summed E-state index contributed by atoms with van der Waals surface area (Å²) in [6, 6.07) is 8.85. The Bertz CT molecular complexity index is 516. The maximum Gasteiger partial charge on any atom is 0.105 e. The molecule has 1 atom stereocenters. The van der Waals surface area contributed by atoms with Crippen LogP contribution in [-0.2, 0) is 7.05 Å². The Kier molecular flexibility index (Phi) is 4.40. The molecule has 0 aliphatic rings. The zero-order valence-corrected chi connectivity index (χ0v) is 13.1. The molecule has 0 saturated carbocycles. The van der Waals surface area contributed by atoms with Gasteiger partial charge in [-0.05, 0) is 53.8 Å². The first-order chi connectivity index (χ1) is 8.63. The minimum atomic E-state index is 0.207. The molecule has 0 bridgehead atoms. The minimum Gasteiger partial charge on any atom is -0.334 e. The third kappa shape index (κ3) is 2.75. The zero-order valence-electron chi connectivity index (χ0n) is 10.9. The van der Waals surface area contributed by atoms with E-state index in [2.05, 4.69) is 75.7 Å². The lowest BCUT2D eigenvalue weighted by atomic mass is 10.0. The smallest absolute Gasteiger partial charge is 0.105 e. The fourth-order valence-electron chi connectivity index (χ4n) is 2.04. The molecule has 4 heteroatoms. The van der Waals surface area contributed by atoms with Crippen LogP contribution in [0.3, 0.4) is 0 Å². The fraction of sp³-hybridized carbons (Fsp3) is 0.357. The summed E-state index contributed by atoms with van der Waals surface area (Å²) in [5.41, 5.74) is 2.48. The van der Waals surface area contributed by atoms with Crippen molar-refractivity contribution in [2.45, 2.75) is 19.9 Å². The van der Waals surface area contributed by atoms with Crippen LogP contribution in [-0.4, -0.2) is 16.1 Å². The number of nitrogens with one attached hydrogen (secondary N) is 1. The summed E-state index contributed by atoms with van der Waals surface area (Å²) in [6.45, 7) is 5.09. The first kappa shape index (κ1) is 13.5. The van der Waals surface area contributed by atoms with E-state index in [1.165, 1.54) is 14.8 Å². The molecule has 3 nitrogen and oxygen atoms in total. The van der Waals surface area contributed by atoms with Crippen molar-refractivity contribution < 1.29 is 0 Å². The molecule has 1 aromatic carbocycles. The van der Waals surface area contributed by atoms with Gasteiger partial charge in [-0.3, -0.25) is 0 Å². The molecule has 0 amide bonds. The molecular formula is C14H18IN3. The number of aryl methyl sites for hydroxylation is 1. The Morgan fingerprint density at radius 1 is 1.33 bits per heavy atom. The first-order valence-electron chi connectivity index (χ1n) is 6.10. The molecule has 2 aromatic rings. The van der Waals surface area contributed by atoms with E-state index >= 15 is 0 Å². The van der Waals surface area contributed by atoms with Crippen molar-refractivity contribution in [2.24, 2.45) is 7.05 Å². The van der Waals surface area contributed by atoms with Crippen LogP contribution in [0.5, 0.6) is 0 Å². The molecule has 0 spiro atoms. The third-order valence-electron chi connectivity index (χ3n) is 3.16. The van der Waals surface area contributed by atoms with Crippen LogP contribution in [0.4, 0.5) is 0 Å². The fourth-order valence-corrected chi connectivity index (χ4v) is 2.40. The van der Waals surface area contributed by atoms with Crippen molar-refractivity contribution in [3.8, 4) is 0 Å². The lowest BCUT2D eigenvalue weighted by molar-refractivity contribution is 0.590. The molecule has 0 saturated heterocycles. The molecule has 1 N–H and O–H groups in total. The van der Waals surface area contributed by atoms with Crippen LogP contribution in [0.1, 0.15) is 30.0 Å². The highest BCUT2D eigenvalue weighted by atomic mass is 127. The van der Waals surface area contributed by atoms with Gasteiger partial charge in [-0.15, -0.1) is 0 Å². The SMILES string of the molecule is CCNC(c1ccc(I)cc1)c1cnc(C)n1C. The van der Waals surface area contributed by atoms with Crippen LogP contribution in [0.25, 0.3) is 0 Å². The highest BCUT2D eigenvalue weighted by Crippen LogP contribution is 2.23. The van der Waals surface area contributed by atoms with E-state index in [1.807, 2.05) is 13.1 Å². The van der Waals surface area contributed by atoms with Crippen molar-refractivity contribution in [3.05, 3.63) is 51.1 Å². The van der Waals surface area contributed by atoms with Crippen LogP contribution in [0, 0.1) is 10.5 Å². The van der Waals surface area contributed by atoms with Crippen LogP contribution >= 0.6 is 22.6 Å². The molecule has 0 aliphatic heterocycles. The normalized spacial score (nSPS) is 12.7. The molecular weight excluding hydrogens is 337 g/mol. The Morgan fingerprint density at radius 2 is 2.00 bits per heavy atom. The number of rotatable bonds is 4. The molecule has 2 rings (SSSR count). The van der Waals surface area contributed by atoms with Gasteiger partial charge in [0.2, 0.25) is 0 Å². The minimum absolute atomic E-state index is 0.207. The van der Waals surface area contributed by atoms with Gasteiger partial charge in [-0.2, -0.15) is 0 Å². The summed E-state index contributed by atoms with van der Waals surface area (Å²) < 4.78 is 3.40. The molecule has 18 heavy (non-hydrogen) atoms. The number of imidazole rings is 1. The van der Waals surface area contributed by atoms with Crippen LogP contribution in [0.15, 0.2) is 30.5 Å².